The van der Waals surface area contributed by atoms with Crippen LogP contribution in [0.25, 0.3) is 0 Å². The number of ether oxygens (including phenoxy) is 1. The predicted octanol–water partition coefficient (Wildman–Crippen LogP) is 3.28. The van der Waals surface area contributed by atoms with Gasteiger partial charge >= 0.3 is 0 Å². The van der Waals surface area contributed by atoms with Crippen LogP contribution in [0.2, 0.25) is 0 Å². The lowest BCUT2D eigenvalue weighted by Gasteiger charge is -2.36. The van der Waals surface area contributed by atoms with Gasteiger partial charge in [-0.15, -0.1) is 0 Å². The maximum atomic E-state index is 12.3. The lowest BCUT2D eigenvalue weighted by atomic mass is 9.95. The Morgan fingerprint density at radius 1 is 1.08 bits per heavy atom. The summed E-state index contributed by atoms with van der Waals surface area (Å²) in [6.07, 6.45) is 7.33. The maximum Gasteiger partial charge on any atom is 0.159 e. The molecule has 4 heteroatoms. The summed E-state index contributed by atoms with van der Waals surface area (Å²) in [4.78, 5) is 17.1. The fraction of sp³-hybridized carbons (Fsp3) is 0.550. The summed E-state index contributed by atoms with van der Waals surface area (Å²) in [7, 11) is 1.69. The van der Waals surface area contributed by atoms with Gasteiger partial charge in [-0.05, 0) is 55.5 Å². The standard InChI is InChI=1S/C20H28N2O2/c1-24-19-9-7-18(8-10-19)22-15-13-21(14-16-22)12-11-20(23)17-5-3-2-4-6-17/h5,7-10H,2-4,6,11-16H2,1H3. The second-order valence-corrected chi connectivity index (χ2v) is 6.68. The van der Waals surface area contributed by atoms with Crippen LogP contribution in [0.3, 0.4) is 0 Å². The summed E-state index contributed by atoms with van der Waals surface area (Å²) in [6.45, 7) is 4.98. The molecule has 1 aliphatic carbocycles. The molecule has 130 valence electrons. The van der Waals surface area contributed by atoms with E-state index < -0.39 is 0 Å². The van der Waals surface area contributed by atoms with Crippen molar-refractivity contribution < 1.29 is 9.53 Å². The van der Waals surface area contributed by atoms with Crippen molar-refractivity contribution in [2.75, 3.05) is 44.7 Å². The number of methoxy groups -OCH3 is 1. The summed E-state index contributed by atoms with van der Waals surface area (Å²) < 4.78 is 5.21. The normalized spacial score (nSPS) is 19.0. The number of anilines is 1. The zero-order chi connectivity index (χ0) is 16.8. The van der Waals surface area contributed by atoms with Crippen LogP contribution < -0.4 is 9.64 Å². The van der Waals surface area contributed by atoms with Crippen LogP contribution in [0.4, 0.5) is 5.69 Å². The molecule has 1 aromatic rings. The Hall–Kier alpha value is -1.81. The van der Waals surface area contributed by atoms with Gasteiger partial charge in [0.25, 0.3) is 0 Å². The summed E-state index contributed by atoms with van der Waals surface area (Å²) in [6, 6.07) is 8.26. The van der Waals surface area contributed by atoms with Gasteiger partial charge in [0, 0.05) is 44.8 Å². The Morgan fingerprint density at radius 2 is 1.83 bits per heavy atom. The van der Waals surface area contributed by atoms with Gasteiger partial charge in [-0.3, -0.25) is 9.69 Å². The van der Waals surface area contributed by atoms with Crippen molar-refractivity contribution in [1.82, 2.24) is 4.90 Å². The van der Waals surface area contributed by atoms with E-state index in [-0.39, 0.29) is 0 Å². The summed E-state index contributed by atoms with van der Waals surface area (Å²) in [5.41, 5.74) is 2.33. The number of nitrogens with zero attached hydrogens (tertiary/aromatic N) is 2. The Bertz CT molecular complexity index is 572. The third kappa shape index (κ3) is 4.38. The number of ketones is 1. The van der Waals surface area contributed by atoms with Crippen LogP contribution in [-0.2, 0) is 4.79 Å². The van der Waals surface area contributed by atoms with Gasteiger partial charge in [0.15, 0.2) is 5.78 Å². The quantitative estimate of drug-likeness (QED) is 0.802. The molecular formula is C20H28N2O2. The van der Waals surface area contributed by atoms with E-state index in [4.69, 9.17) is 4.74 Å². The van der Waals surface area contributed by atoms with E-state index in [0.29, 0.717) is 12.2 Å². The largest absolute Gasteiger partial charge is 0.497 e. The SMILES string of the molecule is COc1ccc(N2CCN(CCC(=O)C3=CCCCC3)CC2)cc1. The van der Waals surface area contributed by atoms with E-state index in [1.165, 1.54) is 18.5 Å². The Labute approximate surface area is 145 Å². The minimum absolute atomic E-state index is 0.368. The molecule has 0 saturated carbocycles. The number of hydrogen-bond donors (Lipinski definition) is 0. The first-order chi connectivity index (χ1) is 11.8. The molecule has 0 N–H and O–H groups in total. The van der Waals surface area contributed by atoms with E-state index in [1.807, 2.05) is 12.1 Å². The van der Waals surface area contributed by atoms with E-state index >= 15 is 0 Å². The first kappa shape index (κ1) is 17.0. The number of allylic oxidation sites excluding steroid dienone is 2. The van der Waals surface area contributed by atoms with Gasteiger partial charge in [-0.1, -0.05) is 6.08 Å². The average molecular weight is 328 g/mol. The second-order valence-electron chi connectivity index (χ2n) is 6.68. The molecule has 1 aliphatic heterocycles. The molecule has 0 aromatic heterocycles. The number of Topliss-reactive ketones (excluding diaryl/α,β-unsaturated/α-hetero) is 1. The highest BCUT2D eigenvalue weighted by atomic mass is 16.5. The van der Waals surface area contributed by atoms with Gasteiger partial charge in [0.2, 0.25) is 0 Å². The fourth-order valence-electron chi connectivity index (χ4n) is 3.53. The number of benzene rings is 1. The van der Waals surface area contributed by atoms with Gasteiger partial charge in [-0.2, -0.15) is 0 Å². The van der Waals surface area contributed by atoms with Crippen LogP contribution in [0.15, 0.2) is 35.9 Å². The molecule has 4 nitrogen and oxygen atoms in total. The van der Waals surface area contributed by atoms with Crippen molar-refractivity contribution in [3.05, 3.63) is 35.9 Å². The molecule has 24 heavy (non-hydrogen) atoms. The summed E-state index contributed by atoms with van der Waals surface area (Å²) in [5, 5.41) is 0. The molecule has 0 amide bonds. The number of rotatable bonds is 6. The van der Waals surface area contributed by atoms with E-state index in [2.05, 4.69) is 28.0 Å². The molecule has 0 spiro atoms. The van der Waals surface area contributed by atoms with Gasteiger partial charge in [0.05, 0.1) is 7.11 Å². The van der Waals surface area contributed by atoms with Crippen molar-refractivity contribution >= 4 is 11.5 Å². The molecule has 0 unspecified atom stereocenters. The lowest BCUT2D eigenvalue weighted by molar-refractivity contribution is -0.116. The van der Waals surface area contributed by atoms with Crippen LogP contribution in [0.1, 0.15) is 32.1 Å². The molecule has 0 radical (unpaired) electrons. The highest BCUT2D eigenvalue weighted by Gasteiger charge is 2.19. The molecular weight excluding hydrogens is 300 g/mol. The maximum absolute atomic E-state index is 12.3. The van der Waals surface area contributed by atoms with Crippen LogP contribution in [-0.4, -0.2) is 50.5 Å². The first-order valence-electron chi connectivity index (χ1n) is 9.10. The molecule has 2 aliphatic rings. The molecule has 1 aromatic carbocycles. The van der Waals surface area contributed by atoms with E-state index in [0.717, 1.165) is 56.9 Å². The van der Waals surface area contributed by atoms with Crippen molar-refractivity contribution in [3.8, 4) is 5.75 Å². The zero-order valence-electron chi connectivity index (χ0n) is 14.7. The van der Waals surface area contributed by atoms with Crippen LogP contribution in [0, 0.1) is 0 Å². The molecule has 3 rings (SSSR count). The Morgan fingerprint density at radius 3 is 2.46 bits per heavy atom. The number of hydrogen-bond acceptors (Lipinski definition) is 4. The molecule has 0 atom stereocenters. The Balaban J connectivity index is 1.43. The number of carbonyl (C=O) groups excluding carboxylic acids is 1. The van der Waals surface area contributed by atoms with Crippen molar-refractivity contribution in [1.29, 1.82) is 0 Å². The number of piperazine rings is 1. The van der Waals surface area contributed by atoms with Crippen LogP contribution >= 0.6 is 0 Å². The van der Waals surface area contributed by atoms with Crippen molar-refractivity contribution in [3.63, 3.8) is 0 Å². The minimum atomic E-state index is 0.368. The highest BCUT2D eigenvalue weighted by Crippen LogP contribution is 2.21. The third-order valence-electron chi connectivity index (χ3n) is 5.11. The monoisotopic (exact) mass is 328 g/mol. The molecule has 1 fully saturated rings. The van der Waals surface area contributed by atoms with Gasteiger partial charge < -0.3 is 9.64 Å². The topological polar surface area (TPSA) is 32.8 Å². The van der Waals surface area contributed by atoms with Gasteiger partial charge in [0.1, 0.15) is 5.75 Å². The summed E-state index contributed by atoms with van der Waals surface area (Å²) >= 11 is 0. The van der Waals surface area contributed by atoms with E-state index in [1.54, 1.807) is 7.11 Å². The van der Waals surface area contributed by atoms with Crippen LogP contribution in [0.5, 0.6) is 5.75 Å². The second kappa shape index (κ2) is 8.34. The highest BCUT2D eigenvalue weighted by molar-refractivity contribution is 5.95. The molecule has 1 heterocycles. The van der Waals surface area contributed by atoms with Crippen molar-refractivity contribution in [2.45, 2.75) is 32.1 Å². The molecule has 0 bridgehead atoms. The van der Waals surface area contributed by atoms with Crippen molar-refractivity contribution in [2.24, 2.45) is 0 Å². The minimum Gasteiger partial charge on any atom is -0.497 e. The number of carbonyl (C=O) groups is 1. The lowest BCUT2D eigenvalue weighted by Crippen LogP contribution is -2.46. The average Bonchev–Trinajstić information content (AvgIpc) is 2.67. The summed E-state index contributed by atoms with van der Waals surface area (Å²) in [5.74, 6) is 1.26. The predicted molar refractivity (Wildman–Crippen MR) is 97.8 cm³/mol. The third-order valence-corrected chi connectivity index (χ3v) is 5.11. The smallest absolute Gasteiger partial charge is 0.159 e. The van der Waals surface area contributed by atoms with E-state index in [9.17, 15) is 4.79 Å². The Kier molecular flexibility index (Phi) is 5.91. The van der Waals surface area contributed by atoms with Gasteiger partial charge in [-0.25, -0.2) is 0 Å². The molecule has 1 saturated heterocycles. The zero-order valence-corrected chi connectivity index (χ0v) is 14.7. The first-order valence-corrected chi connectivity index (χ1v) is 9.10. The fourth-order valence-corrected chi connectivity index (χ4v) is 3.53.